The lowest BCUT2D eigenvalue weighted by Crippen LogP contribution is -2.43. The van der Waals surface area contributed by atoms with Crippen LogP contribution in [0.25, 0.3) is 0 Å². The Hall–Kier alpha value is -2.92. The molecule has 1 saturated heterocycles. The number of likely N-dealkylation sites (tertiary alicyclic amines) is 1. The van der Waals surface area contributed by atoms with Crippen molar-refractivity contribution < 1.29 is 22.7 Å². The topological polar surface area (TPSA) is 80.2 Å². The van der Waals surface area contributed by atoms with Crippen molar-refractivity contribution in [2.24, 2.45) is 0 Å². The van der Waals surface area contributed by atoms with Gasteiger partial charge in [-0.2, -0.15) is 13.2 Å². The average Bonchev–Trinajstić information content (AvgIpc) is 3.25. The molecule has 0 unspecified atom stereocenters. The van der Waals surface area contributed by atoms with E-state index in [0.717, 1.165) is 30.8 Å². The minimum atomic E-state index is -4.56. The molecule has 7 nitrogen and oxygen atoms in total. The number of carbonyl (C=O) groups excluding carboxylic acids is 1. The summed E-state index contributed by atoms with van der Waals surface area (Å²) in [6.07, 6.45) is -0.667. The number of pyridine rings is 2. The lowest BCUT2D eigenvalue weighted by molar-refractivity contribution is -0.138. The van der Waals surface area contributed by atoms with Gasteiger partial charge >= 0.3 is 6.18 Å². The Morgan fingerprint density at radius 3 is 2.57 bits per heavy atom. The van der Waals surface area contributed by atoms with Crippen LogP contribution in [-0.2, 0) is 16.4 Å². The van der Waals surface area contributed by atoms with Crippen molar-refractivity contribution in [3.8, 4) is 11.5 Å². The summed E-state index contributed by atoms with van der Waals surface area (Å²) in [5.74, 6) is 0.432. The molecule has 0 aliphatic carbocycles. The number of aryl methyl sites for hydroxylation is 1. The number of thiazole rings is 1. The SMILES string of the molecule is CC(=O)N1CCC(C)(c2csc(Nc3ncc(C(F)(F)F)cc3Oc3cccnc3C)n2)CC1.Cl. The monoisotopic (exact) mass is 527 g/mol. The summed E-state index contributed by atoms with van der Waals surface area (Å²) in [6.45, 7) is 6.70. The first-order valence-corrected chi connectivity index (χ1v) is 11.6. The van der Waals surface area contributed by atoms with Crippen molar-refractivity contribution in [2.75, 3.05) is 18.4 Å². The standard InChI is InChI=1S/C23H24F3N5O2S.ClH/c1-14-17(5-4-8-27-14)33-18-11-16(23(24,25)26)12-28-20(18)30-21-29-19(13-34-21)22(3)6-9-31(10-7-22)15(2)32;/h4-5,8,11-13H,6-7,9-10H2,1-3H3,(H,28,29,30);1H. The largest absolute Gasteiger partial charge is 0.452 e. The third-order valence-electron chi connectivity index (χ3n) is 6.02. The highest BCUT2D eigenvalue weighted by Gasteiger charge is 2.35. The fourth-order valence-electron chi connectivity index (χ4n) is 3.75. The van der Waals surface area contributed by atoms with Gasteiger partial charge in [0.25, 0.3) is 0 Å². The number of nitrogens with zero attached hydrogens (tertiary/aromatic N) is 4. The van der Waals surface area contributed by atoms with Crippen LogP contribution in [0.1, 0.15) is 43.6 Å². The van der Waals surface area contributed by atoms with Crippen molar-refractivity contribution in [2.45, 2.75) is 45.2 Å². The van der Waals surface area contributed by atoms with Gasteiger partial charge in [-0.15, -0.1) is 23.7 Å². The number of aromatic nitrogens is 3. The van der Waals surface area contributed by atoms with Crippen LogP contribution in [0.4, 0.5) is 24.1 Å². The third-order valence-corrected chi connectivity index (χ3v) is 6.78. The molecule has 1 amide bonds. The van der Waals surface area contributed by atoms with E-state index in [2.05, 4.69) is 27.2 Å². The van der Waals surface area contributed by atoms with Crippen molar-refractivity contribution in [3.63, 3.8) is 0 Å². The Labute approximate surface area is 211 Å². The van der Waals surface area contributed by atoms with E-state index in [9.17, 15) is 18.0 Å². The van der Waals surface area contributed by atoms with Crippen LogP contribution in [0.5, 0.6) is 11.5 Å². The Bertz CT molecular complexity index is 1200. The number of alkyl halides is 3. The number of rotatable bonds is 5. The van der Waals surface area contributed by atoms with Crippen LogP contribution >= 0.6 is 23.7 Å². The highest BCUT2D eigenvalue weighted by Crippen LogP contribution is 2.40. The second-order valence-corrected chi connectivity index (χ2v) is 9.35. The zero-order valence-electron chi connectivity index (χ0n) is 19.3. The third kappa shape index (κ3) is 6.02. The van der Waals surface area contributed by atoms with Crippen molar-refractivity contribution in [3.05, 3.63) is 52.9 Å². The molecule has 1 fully saturated rings. The Morgan fingerprint density at radius 1 is 1.23 bits per heavy atom. The van der Waals surface area contributed by atoms with Crippen LogP contribution in [0.3, 0.4) is 0 Å². The summed E-state index contributed by atoms with van der Waals surface area (Å²) < 4.78 is 45.7. The zero-order valence-corrected chi connectivity index (χ0v) is 21.0. The minimum Gasteiger partial charge on any atom is -0.452 e. The van der Waals surface area contributed by atoms with Gasteiger partial charge in [0, 0.05) is 43.2 Å². The van der Waals surface area contributed by atoms with E-state index in [1.165, 1.54) is 11.3 Å². The molecule has 0 radical (unpaired) electrons. The number of ether oxygens (including phenoxy) is 1. The molecule has 0 bridgehead atoms. The first-order valence-electron chi connectivity index (χ1n) is 10.7. The molecule has 1 aliphatic rings. The van der Waals surface area contributed by atoms with Gasteiger partial charge in [0.05, 0.1) is 17.0 Å². The van der Waals surface area contributed by atoms with Crippen LogP contribution < -0.4 is 10.1 Å². The number of halogens is 4. The Kier molecular flexibility index (Phi) is 7.90. The molecule has 0 saturated carbocycles. The molecule has 3 aromatic heterocycles. The predicted molar refractivity (Wildman–Crippen MR) is 130 cm³/mol. The van der Waals surface area contributed by atoms with Gasteiger partial charge in [-0.05, 0) is 38.0 Å². The van der Waals surface area contributed by atoms with E-state index in [1.807, 2.05) is 10.3 Å². The molecule has 1 N–H and O–H groups in total. The molecule has 3 aromatic rings. The Balaban J connectivity index is 0.00000342. The molecular weight excluding hydrogens is 503 g/mol. The first kappa shape index (κ1) is 26.7. The Morgan fingerprint density at radius 2 is 1.94 bits per heavy atom. The predicted octanol–water partition coefficient (Wildman–Crippen LogP) is 6.12. The minimum absolute atomic E-state index is 0. The van der Waals surface area contributed by atoms with Crippen LogP contribution in [-0.4, -0.2) is 38.8 Å². The van der Waals surface area contributed by atoms with Crippen LogP contribution in [0.2, 0.25) is 0 Å². The van der Waals surface area contributed by atoms with Gasteiger partial charge in [0.2, 0.25) is 5.91 Å². The zero-order chi connectivity index (χ0) is 24.5. The number of amides is 1. The summed E-state index contributed by atoms with van der Waals surface area (Å²) in [5, 5.41) is 5.44. The van der Waals surface area contributed by atoms with E-state index >= 15 is 0 Å². The molecule has 0 spiro atoms. The lowest BCUT2D eigenvalue weighted by Gasteiger charge is -2.38. The molecule has 188 valence electrons. The maximum atomic E-state index is 13.3. The summed E-state index contributed by atoms with van der Waals surface area (Å²) in [6, 6.07) is 4.18. The molecule has 0 atom stereocenters. The lowest BCUT2D eigenvalue weighted by atomic mass is 9.78. The fraction of sp³-hybridized carbons (Fsp3) is 0.391. The number of piperidine rings is 1. The summed E-state index contributed by atoms with van der Waals surface area (Å²) in [4.78, 5) is 26.2. The number of anilines is 2. The van der Waals surface area contributed by atoms with Gasteiger partial charge in [0.15, 0.2) is 16.7 Å². The average molecular weight is 528 g/mol. The van der Waals surface area contributed by atoms with E-state index in [-0.39, 0.29) is 35.3 Å². The maximum absolute atomic E-state index is 13.3. The second kappa shape index (κ2) is 10.4. The molecule has 1 aliphatic heterocycles. The van der Waals surface area contributed by atoms with Crippen molar-refractivity contribution in [1.82, 2.24) is 19.9 Å². The van der Waals surface area contributed by atoms with Gasteiger partial charge in [-0.1, -0.05) is 6.92 Å². The summed E-state index contributed by atoms with van der Waals surface area (Å²) in [5.41, 5.74) is 0.300. The van der Waals surface area contributed by atoms with E-state index in [4.69, 9.17) is 4.74 Å². The van der Waals surface area contributed by atoms with E-state index in [1.54, 1.807) is 32.2 Å². The molecule has 12 heteroatoms. The number of hydrogen-bond donors (Lipinski definition) is 1. The number of carbonyl (C=O) groups is 1. The summed E-state index contributed by atoms with van der Waals surface area (Å²) in [7, 11) is 0. The van der Waals surface area contributed by atoms with E-state index in [0.29, 0.717) is 29.7 Å². The molecular formula is C23H25ClF3N5O2S. The summed E-state index contributed by atoms with van der Waals surface area (Å²) >= 11 is 1.34. The normalized spacial score (nSPS) is 15.3. The van der Waals surface area contributed by atoms with Crippen molar-refractivity contribution >= 4 is 40.6 Å². The fourth-order valence-corrected chi connectivity index (χ4v) is 4.62. The van der Waals surface area contributed by atoms with Crippen molar-refractivity contribution in [1.29, 1.82) is 0 Å². The van der Waals surface area contributed by atoms with Gasteiger partial charge in [0.1, 0.15) is 5.75 Å². The molecule has 4 heterocycles. The van der Waals surface area contributed by atoms with Gasteiger partial charge in [-0.3, -0.25) is 9.78 Å². The van der Waals surface area contributed by atoms with Gasteiger partial charge < -0.3 is 15.0 Å². The maximum Gasteiger partial charge on any atom is 0.418 e. The van der Waals surface area contributed by atoms with Crippen LogP contribution in [0, 0.1) is 6.92 Å². The van der Waals surface area contributed by atoms with Gasteiger partial charge in [-0.25, -0.2) is 9.97 Å². The number of nitrogens with one attached hydrogen (secondary N) is 1. The molecule has 4 rings (SSSR count). The second-order valence-electron chi connectivity index (χ2n) is 8.49. The highest BCUT2D eigenvalue weighted by molar-refractivity contribution is 7.13. The highest BCUT2D eigenvalue weighted by atomic mass is 35.5. The molecule has 0 aromatic carbocycles. The first-order chi connectivity index (χ1) is 16.0. The molecule has 35 heavy (non-hydrogen) atoms. The smallest absolute Gasteiger partial charge is 0.418 e. The quantitative estimate of drug-likeness (QED) is 0.430. The van der Waals surface area contributed by atoms with E-state index < -0.39 is 11.7 Å². The number of hydrogen-bond acceptors (Lipinski definition) is 7. The van der Waals surface area contributed by atoms with Crippen LogP contribution in [0.15, 0.2) is 36.0 Å².